The van der Waals surface area contributed by atoms with Crippen molar-refractivity contribution in [2.75, 3.05) is 11.9 Å². The van der Waals surface area contributed by atoms with Gasteiger partial charge in [0, 0.05) is 42.9 Å². The first kappa shape index (κ1) is 14.6. The second-order valence-corrected chi connectivity index (χ2v) is 5.28. The van der Waals surface area contributed by atoms with Gasteiger partial charge < -0.3 is 10.1 Å². The monoisotopic (exact) mass is 303 g/mol. The Bertz CT molecular complexity index is 771. The van der Waals surface area contributed by atoms with Crippen molar-refractivity contribution in [2.24, 2.45) is 7.05 Å². The molecule has 0 aliphatic carbocycles. The molecule has 116 valence electrons. The SMILES string of the molecule is CCc1cnc(NCc2c(F)ccc3c2CCO3)n(C)c1=O. The molecule has 3 rings (SSSR count). The van der Waals surface area contributed by atoms with Gasteiger partial charge in [0.15, 0.2) is 0 Å². The first-order valence-corrected chi connectivity index (χ1v) is 7.33. The van der Waals surface area contributed by atoms with Gasteiger partial charge in [-0.3, -0.25) is 9.36 Å². The average molecular weight is 303 g/mol. The molecule has 5 nitrogen and oxygen atoms in total. The number of aromatic nitrogens is 2. The van der Waals surface area contributed by atoms with E-state index >= 15 is 0 Å². The molecule has 0 unspecified atom stereocenters. The van der Waals surface area contributed by atoms with E-state index in [1.807, 2.05) is 6.92 Å². The van der Waals surface area contributed by atoms with Crippen molar-refractivity contribution in [3.8, 4) is 5.75 Å². The number of nitrogens with zero attached hydrogens (tertiary/aromatic N) is 2. The average Bonchev–Trinajstić information content (AvgIpc) is 2.99. The van der Waals surface area contributed by atoms with Gasteiger partial charge in [0.25, 0.3) is 5.56 Å². The number of anilines is 1. The van der Waals surface area contributed by atoms with Crippen LogP contribution < -0.4 is 15.6 Å². The molecule has 1 aromatic heterocycles. The maximum Gasteiger partial charge on any atom is 0.257 e. The molecule has 1 N–H and O–H groups in total. The lowest BCUT2D eigenvalue weighted by atomic mass is 10.0. The first-order valence-electron chi connectivity index (χ1n) is 7.33. The van der Waals surface area contributed by atoms with E-state index in [1.165, 1.54) is 10.6 Å². The molecule has 2 heterocycles. The van der Waals surface area contributed by atoms with E-state index < -0.39 is 0 Å². The number of benzene rings is 1. The smallest absolute Gasteiger partial charge is 0.257 e. The van der Waals surface area contributed by atoms with Gasteiger partial charge in [-0.05, 0) is 18.6 Å². The van der Waals surface area contributed by atoms with Crippen LogP contribution in [0.25, 0.3) is 0 Å². The quantitative estimate of drug-likeness (QED) is 0.939. The summed E-state index contributed by atoms with van der Waals surface area (Å²) in [4.78, 5) is 16.3. The topological polar surface area (TPSA) is 56.2 Å². The lowest BCUT2D eigenvalue weighted by molar-refractivity contribution is 0.356. The number of nitrogens with one attached hydrogen (secondary N) is 1. The molecule has 0 saturated heterocycles. The van der Waals surface area contributed by atoms with E-state index in [0.29, 0.717) is 36.5 Å². The number of fused-ring (bicyclic) bond motifs is 1. The Hall–Kier alpha value is -2.37. The summed E-state index contributed by atoms with van der Waals surface area (Å²) in [6.07, 6.45) is 2.91. The highest BCUT2D eigenvalue weighted by atomic mass is 19.1. The normalized spacial score (nSPS) is 12.9. The minimum atomic E-state index is -0.271. The van der Waals surface area contributed by atoms with Crippen molar-refractivity contribution >= 4 is 5.95 Å². The highest BCUT2D eigenvalue weighted by Crippen LogP contribution is 2.30. The van der Waals surface area contributed by atoms with Crippen LogP contribution in [0.15, 0.2) is 23.1 Å². The maximum absolute atomic E-state index is 14.1. The lowest BCUT2D eigenvalue weighted by Gasteiger charge is -2.13. The van der Waals surface area contributed by atoms with Gasteiger partial charge in [-0.25, -0.2) is 9.37 Å². The summed E-state index contributed by atoms with van der Waals surface area (Å²) in [5.41, 5.74) is 2.04. The third kappa shape index (κ3) is 2.45. The fraction of sp³-hybridized carbons (Fsp3) is 0.375. The first-order chi connectivity index (χ1) is 10.6. The van der Waals surface area contributed by atoms with Gasteiger partial charge in [0.05, 0.1) is 6.61 Å². The molecule has 1 aliphatic heterocycles. The van der Waals surface area contributed by atoms with Crippen LogP contribution in [0, 0.1) is 5.82 Å². The van der Waals surface area contributed by atoms with E-state index in [1.54, 1.807) is 19.3 Å². The highest BCUT2D eigenvalue weighted by Gasteiger charge is 2.19. The van der Waals surface area contributed by atoms with Crippen LogP contribution in [-0.4, -0.2) is 16.2 Å². The molecule has 0 spiro atoms. The number of ether oxygens (including phenoxy) is 1. The zero-order valence-electron chi connectivity index (χ0n) is 12.6. The van der Waals surface area contributed by atoms with Crippen molar-refractivity contribution in [3.63, 3.8) is 0 Å². The van der Waals surface area contributed by atoms with Crippen LogP contribution in [0.1, 0.15) is 23.6 Å². The van der Waals surface area contributed by atoms with E-state index in [2.05, 4.69) is 10.3 Å². The zero-order chi connectivity index (χ0) is 15.7. The van der Waals surface area contributed by atoms with Crippen molar-refractivity contribution in [2.45, 2.75) is 26.3 Å². The molecule has 0 atom stereocenters. The summed E-state index contributed by atoms with van der Waals surface area (Å²) in [5, 5.41) is 3.05. The summed E-state index contributed by atoms with van der Waals surface area (Å²) < 4.78 is 21.0. The van der Waals surface area contributed by atoms with Gasteiger partial charge in [-0.2, -0.15) is 0 Å². The predicted molar refractivity (Wildman–Crippen MR) is 81.8 cm³/mol. The highest BCUT2D eigenvalue weighted by molar-refractivity contribution is 5.45. The summed E-state index contributed by atoms with van der Waals surface area (Å²) in [7, 11) is 1.66. The number of rotatable bonds is 4. The minimum absolute atomic E-state index is 0.0814. The summed E-state index contributed by atoms with van der Waals surface area (Å²) >= 11 is 0. The number of hydrogen-bond donors (Lipinski definition) is 1. The Balaban J connectivity index is 1.87. The van der Waals surface area contributed by atoms with Crippen LogP contribution in [0.4, 0.5) is 10.3 Å². The third-order valence-corrected chi connectivity index (χ3v) is 3.98. The van der Waals surface area contributed by atoms with E-state index in [4.69, 9.17) is 4.74 Å². The molecule has 0 amide bonds. The second-order valence-electron chi connectivity index (χ2n) is 5.28. The molecule has 2 aromatic rings. The molecule has 1 aromatic carbocycles. The van der Waals surface area contributed by atoms with E-state index in [9.17, 15) is 9.18 Å². The summed E-state index contributed by atoms with van der Waals surface area (Å²) in [6, 6.07) is 3.07. The Morgan fingerprint density at radius 1 is 1.45 bits per heavy atom. The van der Waals surface area contributed by atoms with Crippen LogP contribution in [0.3, 0.4) is 0 Å². The number of aryl methyl sites for hydroxylation is 1. The molecular weight excluding hydrogens is 285 g/mol. The second kappa shape index (κ2) is 5.79. The Kier molecular flexibility index (Phi) is 3.83. The van der Waals surface area contributed by atoms with Gasteiger partial charge >= 0.3 is 0 Å². The predicted octanol–water partition coefficient (Wildman–Crippen LogP) is 2.03. The molecule has 1 aliphatic rings. The lowest BCUT2D eigenvalue weighted by Crippen LogP contribution is -2.25. The summed E-state index contributed by atoms with van der Waals surface area (Å²) in [5.74, 6) is 0.895. The number of halogens is 1. The Labute approximate surface area is 127 Å². The molecular formula is C16H18FN3O2. The standard InChI is InChI=1S/C16H18FN3O2/c1-3-10-8-18-16(20(2)15(10)21)19-9-12-11-6-7-22-14(11)5-4-13(12)17/h4-5,8H,3,6-7,9H2,1-2H3,(H,18,19). The fourth-order valence-electron chi connectivity index (χ4n) is 2.67. The molecule has 22 heavy (non-hydrogen) atoms. The molecule has 0 bridgehead atoms. The van der Waals surface area contributed by atoms with Gasteiger partial charge in [0.1, 0.15) is 11.6 Å². The molecule has 0 radical (unpaired) electrons. The zero-order valence-corrected chi connectivity index (χ0v) is 12.6. The largest absolute Gasteiger partial charge is 0.493 e. The van der Waals surface area contributed by atoms with E-state index in [-0.39, 0.29) is 17.9 Å². The van der Waals surface area contributed by atoms with Gasteiger partial charge in [-0.15, -0.1) is 0 Å². The van der Waals surface area contributed by atoms with Crippen molar-refractivity contribution < 1.29 is 9.13 Å². The number of hydrogen-bond acceptors (Lipinski definition) is 4. The van der Waals surface area contributed by atoms with Crippen molar-refractivity contribution in [1.82, 2.24) is 9.55 Å². The van der Waals surface area contributed by atoms with Crippen LogP contribution in [0.5, 0.6) is 5.75 Å². The van der Waals surface area contributed by atoms with Crippen molar-refractivity contribution in [1.29, 1.82) is 0 Å². The maximum atomic E-state index is 14.1. The third-order valence-electron chi connectivity index (χ3n) is 3.98. The van der Waals surface area contributed by atoms with Crippen LogP contribution in [-0.2, 0) is 26.4 Å². The van der Waals surface area contributed by atoms with E-state index in [0.717, 1.165) is 11.3 Å². The minimum Gasteiger partial charge on any atom is -0.493 e. The van der Waals surface area contributed by atoms with Crippen LogP contribution in [0.2, 0.25) is 0 Å². The molecule has 6 heteroatoms. The molecule has 0 fully saturated rings. The Morgan fingerprint density at radius 2 is 2.27 bits per heavy atom. The van der Waals surface area contributed by atoms with Crippen LogP contribution >= 0.6 is 0 Å². The summed E-state index contributed by atoms with van der Waals surface area (Å²) in [6.45, 7) is 2.76. The van der Waals surface area contributed by atoms with Gasteiger partial charge in [-0.1, -0.05) is 6.92 Å². The van der Waals surface area contributed by atoms with Gasteiger partial charge in [0.2, 0.25) is 5.95 Å². The fourth-order valence-corrected chi connectivity index (χ4v) is 2.67. The Morgan fingerprint density at radius 3 is 3.05 bits per heavy atom. The van der Waals surface area contributed by atoms with Crippen molar-refractivity contribution in [3.05, 3.63) is 51.2 Å². The molecule has 0 saturated carbocycles.